The molecule has 0 saturated heterocycles. The number of hydrogen-bond donors (Lipinski definition) is 0. The first-order valence-electron chi connectivity index (χ1n) is 9.54. The first-order valence-corrected chi connectivity index (χ1v) is 9.54. The lowest BCUT2D eigenvalue weighted by atomic mass is 10.1. The summed E-state index contributed by atoms with van der Waals surface area (Å²) in [7, 11) is 0. The fourth-order valence-electron chi connectivity index (χ4n) is 4.47. The Morgan fingerprint density at radius 1 is 0.560 bits per heavy atom. The summed E-state index contributed by atoms with van der Waals surface area (Å²) in [4.78, 5) is 0. The lowest BCUT2D eigenvalue weighted by molar-refractivity contribution is 0.545. The van der Waals surface area contributed by atoms with Crippen molar-refractivity contribution < 1.29 is 0 Å². The van der Waals surface area contributed by atoms with Gasteiger partial charge in [0.2, 0.25) is 0 Å². The molecule has 0 aliphatic carbocycles. The summed E-state index contributed by atoms with van der Waals surface area (Å²) in [5, 5.41) is 2.80. The smallest absolute Gasteiger partial charge is 0.0482 e. The Morgan fingerprint density at radius 2 is 1.08 bits per heavy atom. The van der Waals surface area contributed by atoms with Gasteiger partial charge in [0.1, 0.15) is 0 Å². The van der Waals surface area contributed by atoms with Crippen LogP contribution < -0.4 is 0 Å². The summed E-state index contributed by atoms with van der Waals surface area (Å²) in [6, 6.07) is 22.0. The monoisotopic (exact) mass is 328 g/mol. The molecule has 2 aliphatic rings. The molecule has 2 heteroatoms. The molecule has 0 saturated carbocycles. The van der Waals surface area contributed by atoms with Gasteiger partial charge in [-0.25, -0.2) is 0 Å². The molecule has 0 N–H and O–H groups in total. The number of fused-ring (bicyclic) bond motifs is 6. The van der Waals surface area contributed by atoms with Gasteiger partial charge in [-0.15, -0.1) is 0 Å². The third kappa shape index (κ3) is 2.57. The van der Waals surface area contributed by atoms with Crippen molar-refractivity contribution in [1.82, 2.24) is 9.13 Å². The molecule has 0 fully saturated rings. The van der Waals surface area contributed by atoms with Crippen LogP contribution in [0, 0.1) is 0 Å². The van der Waals surface area contributed by atoms with Crippen molar-refractivity contribution in [2.75, 3.05) is 0 Å². The highest BCUT2D eigenvalue weighted by Crippen LogP contribution is 2.26. The molecule has 0 amide bonds. The van der Waals surface area contributed by atoms with Crippen molar-refractivity contribution in [2.45, 2.75) is 45.2 Å². The van der Waals surface area contributed by atoms with E-state index in [-0.39, 0.29) is 0 Å². The van der Waals surface area contributed by atoms with E-state index in [4.69, 9.17) is 0 Å². The number of para-hydroxylation sites is 2. The number of hydrogen-bond acceptors (Lipinski definition) is 0. The maximum Gasteiger partial charge on any atom is 0.0482 e. The van der Waals surface area contributed by atoms with Gasteiger partial charge in [-0.3, -0.25) is 0 Å². The first-order chi connectivity index (χ1) is 12.4. The van der Waals surface area contributed by atoms with E-state index in [1.165, 1.54) is 78.4 Å². The lowest BCUT2D eigenvalue weighted by Gasteiger charge is -2.15. The lowest BCUT2D eigenvalue weighted by Crippen LogP contribution is -2.08. The third-order valence-corrected chi connectivity index (χ3v) is 5.67. The predicted octanol–water partition coefficient (Wildman–Crippen LogP) is 5.57. The van der Waals surface area contributed by atoms with Crippen LogP contribution in [0.5, 0.6) is 0 Å². The molecule has 0 unspecified atom stereocenters. The average Bonchev–Trinajstić information content (AvgIpc) is 3.34. The molecule has 25 heavy (non-hydrogen) atoms. The fraction of sp³-hybridized carbons (Fsp3) is 0.304. The molecule has 2 aliphatic heterocycles. The van der Waals surface area contributed by atoms with Gasteiger partial charge >= 0.3 is 0 Å². The topological polar surface area (TPSA) is 9.86 Å². The largest absolute Gasteiger partial charge is 0.345 e. The molecule has 4 heterocycles. The first kappa shape index (κ1) is 14.8. The Hall–Kier alpha value is -2.48. The molecule has 4 aromatic rings. The van der Waals surface area contributed by atoms with Gasteiger partial charge < -0.3 is 9.13 Å². The normalized spacial score (nSPS) is 15.7. The molecule has 2 aromatic carbocycles. The van der Waals surface area contributed by atoms with E-state index >= 15 is 0 Å². The van der Waals surface area contributed by atoms with Crippen LogP contribution in [0.15, 0.2) is 60.7 Å². The Morgan fingerprint density at radius 3 is 1.72 bits per heavy atom. The Kier molecular flexibility index (Phi) is 3.62. The summed E-state index contributed by atoms with van der Waals surface area (Å²) in [5.74, 6) is 0. The van der Waals surface area contributed by atoms with Crippen LogP contribution in [0.4, 0.5) is 0 Å². The quantitative estimate of drug-likeness (QED) is 0.400. The van der Waals surface area contributed by atoms with Crippen molar-refractivity contribution in [3.63, 3.8) is 0 Å². The minimum absolute atomic E-state index is 1.21. The maximum atomic E-state index is 2.47. The predicted molar refractivity (Wildman–Crippen MR) is 105 cm³/mol. The van der Waals surface area contributed by atoms with Gasteiger partial charge in [-0.05, 0) is 67.1 Å². The van der Waals surface area contributed by atoms with Gasteiger partial charge in [0.05, 0.1) is 0 Å². The van der Waals surface area contributed by atoms with Crippen molar-refractivity contribution in [3.05, 3.63) is 72.1 Å². The maximum absolute atomic E-state index is 2.47. The number of benzene rings is 2. The van der Waals surface area contributed by atoms with E-state index < -0.39 is 0 Å². The highest BCUT2D eigenvalue weighted by atomic mass is 15.0. The molecular weight excluding hydrogens is 304 g/mol. The minimum Gasteiger partial charge on any atom is -0.345 e. The molecule has 0 bridgehead atoms. The van der Waals surface area contributed by atoms with E-state index in [1.54, 1.807) is 0 Å². The molecular formula is C23H24N2. The van der Waals surface area contributed by atoms with E-state index in [0.717, 1.165) is 0 Å². The van der Waals surface area contributed by atoms with Crippen LogP contribution in [0.2, 0.25) is 0 Å². The van der Waals surface area contributed by atoms with Gasteiger partial charge in [0, 0.05) is 35.5 Å². The SMILES string of the molecule is c1ccc2c(c1)cc1n2CCC1.c1ccc2c(c1)cc1n2CCCC1. The zero-order chi connectivity index (χ0) is 16.6. The second kappa shape index (κ2) is 6.11. The van der Waals surface area contributed by atoms with Crippen molar-refractivity contribution in [3.8, 4) is 0 Å². The highest BCUT2D eigenvalue weighted by molar-refractivity contribution is 5.82. The number of rotatable bonds is 0. The molecule has 2 aromatic heterocycles. The summed E-state index contributed by atoms with van der Waals surface area (Å²) < 4.78 is 4.91. The summed E-state index contributed by atoms with van der Waals surface area (Å²) in [6.45, 7) is 2.42. The third-order valence-electron chi connectivity index (χ3n) is 5.67. The van der Waals surface area contributed by atoms with Crippen LogP contribution in [0.3, 0.4) is 0 Å². The Labute approximate surface area is 148 Å². The van der Waals surface area contributed by atoms with Gasteiger partial charge in [0.15, 0.2) is 0 Å². The molecule has 0 atom stereocenters. The summed E-state index contributed by atoms with van der Waals surface area (Å²) in [6.07, 6.45) is 6.53. The van der Waals surface area contributed by atoms with Crippen molar-refractivity contribution in [2.24, 2.45) is 0 Å². The second-order valence-corrected chi connectivity index (χ2v) is 7.25. The Balaban J connectivity index is 0.000000112. The number of aryl methyl sites for hydroxylation is 4. The number of nitrogens with zero attached hydrogens (tertiary/aromatic N) is 2. The van der Waals surface area contributed by atoms with Crippen LogP contribution in [0.1, 0.15) is 30.7 Å². The highest BCUT2D eigenvalue weighted by Gasteiger charge is 2.13. The number of aromatic nitrogens is 2. The van der Waals surface area contributed by atoms with Crippen LogP contribution >= 0.6 is 0 Å². The standard InChI is InChI=1S/C12H13N.C11H11N/c1-2-7-12-10(5-1)9-11-6-3-4-8-13(11)12;1-2-6-11-9(4-1)8-10-5-3-7-12(10)11/h1-2,5,7,9H,3-4,6,8H2;1-2,4,6,8H,3,5,7H2. The summed E-state index contributed by atoms with van der Waals surface area (Å²) in [5.41, 5.74) is 5.85. The molecule has 6 rings (SSSR count). The Bertz CT molecular complexity index is 1030. The zero-order valence-corrected chi connectivity index (χ0v) is 14.6. The fourth-order valence-corrected chi connectivity index (χ4v) is 4.47. The zero-order valence-electron chi connectivity index (χ0n) is 14.6. The van der Waals surface area contributed by atoms with Crippen LogP contribution in [0.25, 0.3) is 21.8 Å². The van der Waals surface area contributed by atoms with Crippen molar-refractivity contribution in [1.29, 1.82) is 0 Å². The average molecular weight is 328 g/mol. The van der Waals surface area contributed by atoms with E-state index in [9.17, 15) is 0 Å². The molecule has 2 nitrogen and oxygen atoms in total. The van der Waals surface area contributed by atoms with Crippen LogP contribution in [-0.4, -0.2) is 9.13 Å². The van der Waals surface area contributed by atoms with E-state index in [0.29, 0.717) is 0 Å². The van der Waals surface area contributed by atoms with Gasteiger partial charge in [-0.2, -0.15) is 0 Å². The van der Waals surface area contributed by atoms with E-state index in [1.807, 2.05) is 0 Å². The minimum atomic E-state index is 1.21. The molecule has 0 spiro atoms. The van der Waals surface area contributed by atoms with Gasteiger partial charge in [0.25, 0.3) is 0 Å². The van der Waals surface area contributed by atoms with E-state index in [2.05, 4.69) is 69.8 Å². The van der Waals surface area contributed by atoms with Crippen molar-refractivity contribution >= 4 is 21.8 Å². The molecule has 126 valence electrons. The molecule has 0 radical (unpaired) electrons. The summed E-state index contributed by atoms with van der Waals surface area (Å²) >= 11 is 0. The second-order valence-electron chi connectivity index (χ2n) is 7.25. The van der Waals surface area contributed by atoms with Crippen LogP contribution in [-0.2, 0) is 25.9 Å². The van der Waals surface area contributed by atoms with Gasteiger partial charge in [-0.1, -0.05) is 36.4 Å².